The molecule has 1 unspecified atom stereocenters. The van der Waals surface area contributed by atoms with Gasteiger partial charge in [-0.1, -0.05) is 24.3 Å². The van der Waals surface area contributed by atoms with Crippen molar-refractivity contribution in [2.75, 3.05) is 55.6 Å². The summed E-state index contributed by atoms with van der Waals surface area (Å²) in [6, 6.07) is 19.0. The second-order valence-electron chi connectivity index (χ2n) is 8.29. The number of fused-ring (bicyclic) bond motifs is 1. The van der Waals surface area contributed by atoms with Gasteiger partial charge in [-0.2, -0.15) is 0 Å². The van der Waals surface area contributed by atoms with Crippen molar-refractivity contribution in [1.29, 1.82) is 0 Å². The summed E-state index contributed by atoms with van der Waals surface area (Å²) in [7, 11) is 0. The van der Waals surface area contributed by atoms with Crippen LogP contribution < -0.4 is 9.80 Å². The fourth-order valence-electron chi connectivity index (χ4n) is 4.72. The molecule has 0 saturated carbocycles. The van der Waals surface area contributed by atoms with Crippen LogP contribution in [-0.4, -0.2) is 60.7 Å². The highest BCUT2D eigenvalue weighted by Gasteiger charge is 2.25. The first-order chi connectivity index (χ1) is 14.3. The molecule has 2 aliphatic rings. The van der Waals surface area contributed by atoms with Crippen molar-refractivity contribution in [3.63, 3.8) is 0 Å². The summed E-state index contributed by atoms with van der Waals surface area (Å²) in [6.07, 6.45) is 4.47. The smallest absolute Gasteiger partial charge is 0.129 e. The molecule has 0 amide bonds. The number of pyridine rings is 2. The van der Waals surface area contributed by atoms with E-state index in [0.717, 1.165) is 62.3 Å². The lowest BCUT2D eigenvalue weighted by Crippen LogP contribution is -2.50. The zero-order valence-corrected chi connectivity index (χ0v) is 17.0. The molecule has 29 heavy (non-hydrogen) atoms. The number of hydrogen-bond donors (Lipinski definition) is 0. The van der Waals surface area contributed by atoms with Crippen LogP contribution in [0.3, 0.4) is 0 Å². The predicted octanol–water partition coefficient (Wildman–Crippen LogP) is 3.67. The molecule has 5 rings (SSSR count). The maximum atomic E-state index is 4.92. The first kappa shape index (κ1) is 18.4. The predicted molar refractivity (Wildman–Crippen MR) is 120 cm³/mol. The van der Waals surface area contributed by atoms with Gasteiger partial charge in [-0.25, -0.2) is 9.97 Å². The molecule has 150 valence electrons. The lowest BCUT2D eigenvalue weighted by atomic mass is 9.97. The zero-order chi connectivity index (χ0) is 19.5. The van der Waals surface area contributed by atoms with E-state index in [1.807, 2.05) is 12.3 Å². The van der Waals surface area contributed by atoms with Gasteiger partial charge in [0.15, 0.2) is 0 Å². The number of aromatic nitrogens is 2. The van der Waals surface area contributed by atoms with Crippen LogP contribution in [0.15, 0.2) is 60.8 Å². The largest absolute Gasteiger partial charge is 0.356 e. The lowest BCUT2D eigenvalue weighted by Gasteiger charge is -2.40. The van der Waals surface area contributed by atoms with E-state index in [4.69, 9.17) is 4.98 Å². The summed E-state index contributed by atoms with van der Waals surface area (Å²) in [4.78, 5) is 17.0. The van der Waals surface area contributed by atoms with Crippen molar-refractivity contribution < 1.29 is 0 Å². The van der Waals surface area contributed by atoms with E-state index in [-0.39, 0.29) is 0 Å². The molecule has 2 aliphatic heterocycles. The minimum Gasteiger partial charge on any atom is -0.356 e. The third kappa shape index (κ3) is 4.20. The molecular formula is C24H29N5. The summed E-state index contributed by atoms with van der Waals surface area (Å²) in [5, 5.41) is 1.22. The average Bonchev–Trinajstić information content (AvgIpc) is 2.80. The topological polar surface area (TPSA) is 35.5 Å². The summed E-state index contributed by atoms with van der Waals surface area (Å²) >= 11 is 0. The number of piperazine rings is 1. The molecule has 5 nitrogen and oxygen atoms in total. The Morgan fingerprint density at radius 2 is 1.66 bits per heavy atom. The van der Waals surface area contributed by atoms with Gasteiger partial charge in [0.05, 0.1) is 5.52 Å². The zero-order valence-electron chi connectivity index (χ0n) is 17.0. The number of hydrogen-bond acceptors (Lipinski definition) is 5. The van der Waals surface area contributed by atoms with Crippen LogP contribution in [0.25, 0.3) is 10.9 Å². The molecule has 2 saturated heterocycles. The fraction of sp³-hybridized carbons (Fsp3) is 0.417. The number of para-hydroxylation sites is 1. The van der Waals surface area contributed by atoms with Crippen LogP contribution in [0, 0.1) is 5.92 Å². The van der Waals surface area contributed by atoms with E-state index in [1.54, 1.807) is 0 Å². The molecule has 1 atom stereocenters. The Bertz CT molecular complexity index is 936. The van der Waals surface area contributed by atoms with Crippen molar-refractivity contribution in [3.05, 3.63) is 60.8 Å². The molecule has 2 aromatic heterocycles. The van der Waals surface area contributed by atoms with Gasteiger partial charge in [0.25, 0.3) is 0 Å². The van der Waals surface area contributed by atoms with Crippen LogP contribution in [0.5, 0.6) is 0 Å². The Kier molecular flexibility index (Phi) is 5.31. The summed E-state index contributed by atoms with van der Waals surface area (Å²) < 4.78 is 0. The van der Waals surface area contributed by atoms with Crippen LogP contribution >= 0.6 is 0 Å². The Morgan fingerprint density at radius 3 is 2.52 bits per heavy atom. The highest BCUT2D eigenvalue weighted by Crippen LogP contribution is 2.25. The van der Waals surface area contributed by atoms with Gasteiger partial charge < -0.3 is 9.80 Å². The van der Waals surface area contributed by atoms with Crippen LogP contribution in [0.4, 0.5) is 11.6 Å². The third-order valence-corrected chi connectivity index (χ3v) is 6.29. The monoisotopic (exact) mass is 387 g/mol. The Hall–Kier alpha value is -2.66. The van der Waals surface area contributed by atoms with Gasteiger partial charge in [0.1, 0.15) is 11.6 Å². The number of anilines is 2. The highest BCUT2D eigenvalue weighted by atomic mass is 15.3. The van der Waals surface area contributed by atoms with E-state index in [2.05, 4.69) is 68.2 Å². The molecule has 2 fully saturated rings. The van der Waals surface area contributed by atoms with E-state index < -0.39 is 0 Å². The second kappa shape index (κ2) is 8.37. The summed E-state index contributed by atoms with van der Waals surface area (Å²) in [6.45, 7) is 7.82. The molecule has 0 aliphatic carbocycles. The van der Waals surface area contributed by atoms with E-state index in [0.29, 0.717) is 0 Å². The molecule has 0 bridgehead atoms. The maximum absolute atomic E-state index is 4.92. The number of nitrogens with zero attached hydrogens (tertiary/aromatic N) is 5. The van der Waals surface area contributed by atoms with Gasteiger partial charge >= 0.3 is 0 Å². The van der Waals surface area contributed by atoms with Gasteiger partial charge in [0.2, 0.25) is 0 Å². The normalized spacial score (nSPS) is 20.9. The van der Waals surface area contributed by atoms with E-state index in [1.165, 1.54) is 24.8 Å². The van der Waals surface area contributed by atoms with Crippen LogP contribution in [-0.2, 0) is 0 Å². The molecule has 3 aromatic rings. The molecule has 0 N–H and O–H groups in total. The molecule has 0 radical (unpaired) electrons. The first-order valence-electron chi connectivity index (χ1n) is 10.8. The molecule has 1 aromatic carbocycles. The first-order valence-corrected chi connectivity index (χ1v) is 10.8. The third-order valence-electron chi connectivity index (χ3n) is 6.29. The second-order valence-corrected chi connectivity index (χ2v) is 8.29. The van der Waals surface area contributed by atoms with Gasteiger partial charge in [-0.15, -0.1) is 0 Å². The van der Waals surface area contributed by atoms with Crippen molar-refractivity contribution in [1.82, 2.24) is 14.9 Å². The van der Waals surface area contributed by atoms with Gasteiger partial charge in [0, 0.05) is 57.4 Å². The van der Waals surface area contributed by atoms with Crippen molar-refractivity contribution in [2.24, 2.45) is 5.92 Å². The van der Waals surface area contributed by atoms with Crippen LogP contribution in [0.1, 0.15) is 12.8 Å². The number of piperidine rings is 1. The van der Waals surface area contributed by atoms with E-state index >= 15 is 0 Å². The number of benzene rings is 1. The molecule has 0 spiro atoms. The maximum Gasteiger partial charge on any atom is 0.129 e. The Balaban J connectivity index is 1.18. The Labute approximate surface area is 173 Å². The Morgan fingerprint density at radius 1 is 0.793 bits per heavy atom. The quantitative estimate of drug-likeness (QED) is 0.683. The van der Waals surface area contributed by atoms with Crippen molar-refractivity contribution in [3.8, 4) is 0 Å². The minimum absolute atomic E-state index is 0.721. The fourth-order valence-corrected chi connectivity index (χ4v) is 4.72. The lowest BCUT2D eigenvalue weighted by molar-refractivity contribution is 0.205. The SMILES string of the molecule is c1ccc(N2CCN(CC3CCCN(c4ccc5ccccc5n4)C3)CC2)nc1. The van der Waals surface area contributed by atoms with Gasteiger partial charge in [-0.3, -0.25) is 4.90 Å². The summed E-state index contributed by atoms with van der Waals surface area (Å²) in [5.41, 5.74) is 1.10. The standard InChI is InChI=1S/C24H29N5/c1-2-8-22-21(7-1)10-11-24(26-22)29-13-5-6-20(19-29)18-27-14-16-28(17-15-27)23-9-3-4-12-25-23/h1-4,7-12,20H,5-6,13-19H2. The average molecular weight is 388 g/mol. The van der Waals surface area contributed by atoms with Crippen molar-refractivity contribution >= 4 is 22.5 Å². The summed E-state index contributed by atoms with van der Waals surface area (Å²) in [5.74, 6) is 2.96. The van der Waals surface area contributed by atoms with Crippen LogP contribution in [0.2, 0.25) is 0 Å². The van der Waals surface area contributed by atoms with Gasteiger partial charge in [-0.05, 0) is 49.1 Å². The highest BCUT2D eigenvalue weighted by molar-refractivity contribution is 5.80. The van der Waals surface area contributed by atoms with E-state index in [9.17, 15) is 0 Å². The number of rotatable bonds is 4. The molecule has 4 heterocycles. The van der Waals surface area contributed by atoms with Crippen molar-refractivity contribution in [2.45, 2.75) is 12.8 Å². The minimum atomic E-state index is 0.721. The molecule has 5 heteroatoms. The molecular weight excluding hydrogens is 358 g/mol.